The molecular formula is C19H18N4O. The van der Waals surface area contributed by atoms with Gasteiger partial charge in [-0.3, -0.25) is 14.5 Å². The van der Waals surface area contributed by atoms with Gasteiger partial charge in [-0.2, -0.15) is 5.10 Å². The van der Waals surface area contributed by atoms with Crippen molar-refractivity contribution in [1.29, 1.82) is 0 Å². The van der Waals surface area contributed by atoms with Gasteiger partial charge in [0.25, 0.3) is 0 Å². The molecule has 24 heavy (non-hydrogen) atoms. The summed E-state index contributed by atoms with van der Waals surface area (Å²) in [5, 5.41) is 4.70. The molecule has 4 rings (SSSR count). The number of benzene rings is 1. The summed E-state index contributed by atoms with van der Waals surface area (Å²) < 4.78 is 1.88. The van der Waals surface area contributed by atoms with Crippen molar-refractivity contribution in [3.63, 3.8) is 0 Å². The number of hydrogen-bond acceptors (Lipinski definition) is 4. The Hall–Kier alpha value is -2.79. The van der Waals surface area contributed by atoms with Gasteiger partial charge in [0.15, 0.2) is 5.78 Å². The minimum atomic E-state index is 0.240. The molecule has 3 aromatic rings. The summed E-state index contributed by atoms with van der Waals surface area (Å²) in [7, 11) is 0. The van der Waals surface area contributed by atoms with Gasteiger partial charge in [-0.05, 0) is 29.7 Å². The van der Waals surface area contributed by atoms with E-state index in [1.165, 1.54) is 0 Å². The second-order valence-corrected chi connectivity index (χ2v) is 5.97. The van der Waals surface area contributed by atoms with Crippen LogP contribution in [0.3, 0.4) is 0 Å². The topological polar surface area (TPSA) is 73.8 Å². The zero-order chi connectivity index (χ0) is 16.5. The van der Waals surface area contributed by atoms with Gasteiger partial charge in [0, 0.05) is 48.2 Å². The first-order valence-electron chi connectivity index (χ1n) is 8.10. The Morgan fingerprint density at radius 1 is 1.04 bits per heavy atom. The molecule has 0 bridgehead atoms. The number of aryl methyl sites for hydroxylation is 1. The summed E-state index contributed by atoms with van der Waals surface area (Å²) in [5.41, 5.74) is 11.7. The Kier molecular flexibility index (Phi) is 3.70. The smallest absolute Gasteiger partial charge is 0.163 e. The normalized spacial score (nSPS) is 13.3. The number of fused-ring (bicyclic) bond motifs is 1. The Labute approximate surface area is 140 Å². The molecule has 0 unspecified atom stereocenters. The van der Waals surface area contributed by atoms with Gasteiger partial charge in [-0.15, -0.1) is 0 Å². The number of carbonyl (C=O) groups excluding carboxylic acids is 1. The van der Waals surface area contributed by atoms with E-state index in [0.29, 0.717) is 19.5 Å². The SMILES string of the molecule is NCCn1cc(-c2ccc3c(c2)CCC3=O)c(-c2ccncc2)n1. The minimum Gasteiger partial charge on any atom is -0.329 e. The van der Waals surface area contributed by atoms with Crippen LogP contribution in [-0.2, 0) is 13.0 Å². The molecular weight excluding hydrogens is 300 g/mol. The number of rotatable bonds is 4. The fraction of sp³-hybridized carbons (Fsp3) is 0.211. The van der Waals surface area contributed by atoms with Crippen LogP contribution < -0.4 is 5.73 Å². The number of pyridine rings is 1. The van der Waals surface area contributed by atoms with Gasteiger partial charge in [-0.25, -0.2) is 0 Å². The average Bonchev–Trinajstić information content (AvgIpc) is 3.20. The number of hydrogen-bond donors (Lipinski definition) is 1. The van der Waals surface area contributed by atoms with Gasteiger partial charge < -0.3 is 5.73 Å². The third-order valence-electron chi connectivity index (χ3n) is 4.41. The third-order valence-corrected chi connectivity index (χ3v) is 4.41. The lowest BCUT2D eigenvalue weighted by Crippen LogP contribution is -2.10. The van der Waals surface area contributed by atoms with E-state index in [0.717, 1.165) is 39.9 Å². The third kappa shape index (κ3) is 2.53. The lowest BCUT2D eigenvalue weighted by molar-refractivity contribution is 0.0994. The fourth-order valence-corrected chi connectivity index (χ4v) is 3.23. The first-order valence-corrected chi connectivity index (χ1v) is 8.10. The van der Waals surface area contributed by atoms with Crippen molar-refractivity contribution in [2.75, 3.05) is 6.54 Å². The van der Waals surface area contributed by atoms with Gasteiger partial charge in [0.2, 0.25) is 0 Å². The second-order valence-electron chi connectivity index (χ2n) is 5.97. The zero-order valence-electron chi connectivity index (χ0n) is 13.3. The van der Waals surface area contributed by atoms with Crippen molar-refractivity contribution >= 4 is 5.78 Å². The molecule has 1 aliphatic rings. The molecule has 0 radical (unpaired) electrons. The van der Waals surface area contributed by atoms with Crippen LogP contribution in [0.15, 0.2) is 48.9 Å². The predicted molar refractivity (Wildman–Crippen MR) is 92.6 cm³/mol. The van der Waals surface area contributed by atoms with Crippen molar-refractivity contribution in [2.45, 2.75) is 19.4 Å². The first kappa shape index (κ1) is 14.8. The van der Waals surface area contributed by atoms with E-state index in [4.69, 9.17) is 10.8 Å². The summed E-state index contributed by atoms with van der Waals surface area (Å²) in [6.45, 7) is 1.21. The van der Waals surface area contributed by atoms with Gasteiger partial charge in [0.05, 0.1) is 6.54 Å². The molecule has 0 fully saturated rings. The summed E-state index contributed by atoms with van der Waals surface area (Å²) in [6.07, 6.45) is 7.00. The van der Waals surface area contributed by atoms with Gasteiger partial charge in [0.1, 0.15) is 5.69 Å². The highest BCUT2D eigenvalue weighted by atomic mass is 16.1. The molecule has 0 saturated heterocycles. The fourth-order valence-electron chi connectivity index (χ4n) is 3.23. The van der Waals surface area contributed by atoms with Gasteiger partial charge >= 0.3 is 0 Å². The monoisotopic (exact) mass is 318 g/mol. The van der Waals surface area contributed by atoms with Crippen LogP contribution in [0.25, 0.3) is 22.4 Å². The molecule has 5 heteroatoms. The molecule has 2 aromatic heterocycles. The van der Waals surface area contributed by atoms with Gasteiger partial charge in [-0.1, -0.05) is 18.2 Å². The highest BCUT2D eigenvalue weighted by Crippen LogP contribution is 2.33. The Morgan fingerprint density at radius 3 is 2.67 bits per heavy atom. The van der Waals surface area contributed by atoms with E-state index >= 15 is 0 Å². The standard InChI is InChI=1S/C19H18N4O/c20-7-10-23-12-17(19(22-23)13-5-8-21-9-6-13)15-1-3-16-14(11-15)2-4-18(16)24/h1,3,5-6,8-9,11-12H,2,4,7,10,20H2. The molecule has 0 saturated carbocycles. The average molecular weight is 318 g/mol. The van der Waals surface area contributed by atoms with Crippen LogP contribution in [0.4, 0.5) is 0 Å². The molecule has 2 N–H and O–H groups in total. The maximum atomic E-state index is 11.9. The molecule has 120 valence electrons. The summed E-state index contributed by atoms with van der Waals surface area (Å²) in [6, 6.07) is 9.98. The molecule has 0 amide bonds. The van der Waals surface area contributed by atoms with Crippen LogP contribution >= 0.6 is 0 Å². The maximum absolute atomic E-state index is 11.9. The quantitative estimate of drug-likeness (QED) is 0.802. The molecule has 0 aliphatic heterocycles. The van der Waals surface area contributed by atoms with Crippen molar-refractivity contribution in [2.24, 2.45) is 5.73 Å². The lowest BCUT2D eigenvalue weighted by atomic mass is 9.98. The number of nitrogens with zero attached hydrogens (tertiary/aromatic N) is 3. The van der Waals surface area contributed by atoms with Crippen LogP contribution in [0.5, 0.6) is 0 Å². The van der Waals surface area contributed by atoms with Crippen molar-refractivity contribution in [1.82, 2.24) is 14.8 Å². The van der Waals surface area contributed by atoms with E-state index < -0.39 is 0 Å². The number of nitrogens with two attached hydrogens (primary N) is 1. The largest absolute Gasteiger partial charge is 0.329 e. The minimum absolute atomic E-state index is 0.240. The Morgan fingerprint density at radius 2 is 1.88 bits per heavy atom. The summed E-state index contributed by atoms with van der Waals surface area (Å²) in [5.74, 6) is 0.240. The predicted octanol–water partition coefficient (Wildman–Crippen LogP) is 2.70. The van der Waals surface area contributed by atoms with Crippen LogP contribution in [0, 0.1) is 0 Å². The number of ketones is 1. The second kappa shape index (κ2) is 6.02. The molecule has 2 heterocycles. The van der Waals surface area contributed by atoms with Crippen molar-refractivity contribution in [3.05, 3.63) is 60.0 Å². The highest BCUT2D eigenvalue weighted by Gasteiger charge is 2.21. The van der Waals surface area contributed by atoms with E-state index in [-0.39, 0.29) is 5.78 Å². The number of aromatic nitrogens is 3. The number of Topliss-reactive ketones (excluding diaryl/α,β-unsaturated/α-hetero) is 1. The van der Waals surface area contributed by atoms with E-state index in [9.17, 15) is 4.79 Å². The first-order chi connectivity index (χ1) is 11.8. The maximum Gasteiger partial charge on any atom is 0.163 e. The molecule has 1 aromatic carbocycles. The van der Waals surface area contributed by atoms with Crippen molar-refractivity contribution < 1.29 is 4.79 Å². The van der Waals surface area contributed by atoms with E-state index in [1.807, 2.05) is 35.1 Å². The molecule has 0 spiro atoms. The highest BCUT2D eigenvalue weighted by molar-refractivity contribution is 6.01. The van der Waals surface area contributed by atoms with Crippen molar-refractivity contribution in [3.8, 4) is 22.4 Å². The van der Waals surface area contributed by atoms with Crippen LogP contribution in [-0.4, -0.2) is 27.1 Å². The molecule has 1 aliphatic carbocycles. The molecule has 5 nitrogen and oxygen atoms in total. The van der Waals surface area contributed by atoms with E-state index in [1.54, 1.807) is 12.4 Å². The Bertz CT molecular complexity index is 899. The van der Waals surface area contributed by atoms with Crippen LogP contribution in [0.1, 0.15) is 22.3 Å². The zero-order valence-corrected chi connectivity index (χ0v) is 13.3. The van der Waals surface area contributed by atoms with Crippen LogP contribution in [0.2, 0.25) is 0 Å². The Balaban J connectivity index is 1.84. The molecule has 0 atom stereocenters. The summed E-state index contributed by atoms with van der Waals surface area (Å²) >= 11 is 0. The lowest BCUT2D eigenvalue weighted by Gasteiger charge is -2.05. The van der Waals surface area contributed by atoms with E-state index in [2.05, 4.69) is 11.1 Å². The summed E-state index contributed by atoms with van der Waals surface area (Å²) in [4.78, 5) is 15.9. The number of carbonyl (C=O) groups is 1.